The van der Waals surface area contributed by atoms with E-state index in [0.29, 0.717) is 56.4 Å². The summed E-state index contributed by atoms with van der Waals surface area (Å²) >= 11 is 0. The minimum atomic E-state index is -0.349. The van der Waals surface area contributed by atoms with Gasteiger partial charge < -0.3 is 58.7 Å². The second-order valence-corrected chi connectivity index (χ2v) is 29.2. The molecular formula is C73H100F2N10O9. The van der Waals surface area contributed by atoms with E-state index in [1.165, 1.54) is 17.7 Å². The molecule has 0 saturated carbocycles. The summed E-state index contributed by atoms with van der Waals surface area (Å²) in [4.78, 5) is 93.6. The number of hydrogen-bond acceptors (Lipinski definition) is 12. The lowest BCUT2D eigenvalue weighted by molar-refractivity contribution is -0.123. The molecule has 14 rings (SSSR count). The number of urea groups is 1. The highest BCUT2D eigenvalue weighted by Crippen LogP contribution is 2.51. The van der Waals surface area contributed by atoms with E-state index in [1.54, 1.807) is 50.2 Å². The number of anilines is 3. The van der Waals surface area contributed by atoms with E-state index in [2.05, 4.69) is 26.1 Å². The number of piperidine rings is 6. The zero-order valence-corrected chi connectivity index (χ0v) is 56.5. The van der Waals surface area contributed by atoms with E-state index < -0.39 is 0 Å². The minimum Gasteiger partial charge on any atom is -0.450 e. The summed E-state index contributed by atoms with van der Waals surface area (Å²) in [6.45, 7) is 19.4. The first kappa shape index (κ1) is 67.2. The van der Waals surface area contributed by atoms with Crippen molar-refractivity contribution in [3.05, 3.63) is 101 Å². The molecule has 94 heavy (non-hydrogen) atoms. The lowest BCUT2D eigenvalue weighted by Gasteiger charge is -2.47. The van der Waals surface area contributed by atoms with E-state index in [1.807, 2.05) is 82.5 Å². The zero-order chi connectivity index (χ0) is 66.2. The number of likely N-dealkylation sites (tertiary alicyclic amines) is 4. The third kappa shape index (κ3) is 13.4. The van der Waals surface area contributed by atoms with Gasteiger partial charge in [-0.15, -0.1) is 0 Å². The van der Waals surface area contributed by atoms with Crippen LogP contribution < -0.4 is 15.1 Å². The second-order valence-electron chi connectivity index (χ2n) is 29.2. The molecule has 19 nitrogen and oxygen atoms in total. The molecule has 11 aliphatic rings. The quantitative estimate of drug-likeness (QED) is 0.167. The van der Waals surface area contributed by atoms with Gasteiger partial charge in [0.25, 0.3) is 0 Å². The lowest BCUT2D eigenvalue weighted by Crippen LogP contribution is -2.56. The van der Waals surface area contributed by atoms with Gasteiger partial charge in [0.2, 0.25) is 11.8 Å². The molecule has 1 N–H and O–H groups in total. The average Bonchev–Trinajstić information content (AvgIpc) is 1.59. The summed E-state index contributed by atoms with van der Waals surface area (Å²) in [7, 11) is 3.52. The number of amides is 7. The van der Waals surface area contributed by atoms with Crippen molar-refractivity contribution in [3.63, 3.8) is 0 Å². The van der Waals surface area contributed by atoms with Crippen molar-refractivity contribution < 1.29 is 51.8 Å². The van der Waals surface area contributed by atoms with Crippen LogP contribution in [0.1, 0.15) is 154 Å². The number of nitrogens with one attached hydrogen (secondary N) is 1. The van der Waals surface area contributed by atoms with E-state index in [4.69, 9.17) is 14.2 Å². The summed E-state index contributed by atoms with van der Waals surface area (Å²) in [6, 6.07) is 19.9. The monoisotopic (exact) mass is 1300 g/mol. The largest absolute Gasteiger partial charge is 0.450 e. The van der Waals surface area contributed by atoms with Crippen LogP contribution in [-0.2, 0) is 40.0 Å². The molecule has 4 bridgehead atoms. The standard InChI is InChI=1S/C27H37FN4O3.C24H34FN3O3.C22H29N3O3/c1-4-5-14-35-26(34)32-20-7-8-21(32)17-22(16-20)30-12-10-27(11-13-30)18-31(25(33)29(2)3)24-9-6-19(28)15-23(24)27;1-17(2)31-23(30)27-10-6-19(7-11-27)15-26-12-8-24(9-13-26)16-28(18(3)29)22-5-4-20(25)14-21(22)24;1-2-28-21(27)25-15-7-8-16(25)14-17(13-15)24-11-9-22(10-12-24)18-5-3-4-6-19(18)23-20(22)26/h4-6,9,15,20-22H,7-8,10-14,16-18H2,1-3H3;4-5,14,17,19H,6-13,15-16H2,1-3H3;3-6,15-17H,2,7-14H2,1H3,(H,23,26). The van der Waals surface area contributed by atoms with E-state index >= 15 is 0 Å². The van der Waals surface area contributed by atoms with Crippen molar-refractivity contribution in [3.8, 4) is 0 Å². The Morgan fingerprint density at radius 1 is 0.628 bits per heavy atom. The van der Waals surface area contributed by atoms with Gasteiger partial charge in [0.1, 0.15) is 18.2 Å². The first-order valence-corrected chi connectivity index (χ1v) is 35.2. The lowest BCUT2D eigenvalue weighted by atomic mass is 9.73. The summed E-state index contributed by atoms with van der Waals surface area (Å²) in [5.74, 6) is 0.309. The van der Waals surface area contributed by atoms with Crippen LogP contribution in [0.15, 0.2) is 72.8 Å². The third-order valence-electron chi connectivity index (χ3n) is 23.3. The Morgan fingerprint density at radius 2 is 1.13 bits per heavy atom. The van der Waals surface area contributed by atoms with Gasteiger partial charge in [-0.1, -0.05) is 30.4 Å². The molecule has 7 amide bonds. The Kier molecular flexibility index (Phi) is 20.1. The fourth-order valence-electron chi connectivity index (χ4n) is 18.4. The van der Waals surface area contributed by atoms with Crippen LogP contribution in [0, 0.1) is 17.6 Å². The molecule has 4 atom stereocenters. The topological polar surface area (TPSA) is 171 Å². The summed E-state index contributed by atoms with van der Waals surface area (Å²) in [6.07, 6.45) is 18.9. The van der Waals surface area contributed by atoms with E-state index in [9.17, 15) is 37.5 Å². The average molecular weight is 1300 g/mol. The van der Waals surface area contributed by atoms with Crippen LogP contribution in [0.3, 0.4) is 0 Å². The molecule has 3 spiro atoms. The van der Waals surface area contributed by atoms with Crippen molar-refractivity contribution in [2.75, 3.05) is 114 Å². The Hall–Kier alpha value is -6.84. The fourth-order valence-corrected chi connectivity index (χ4v) is 18.4. The van der Waals surface area contributed by atoms with Crippen LogP contribution in [0.5, 0.6) is 0 Å². The second kappa shape index (κ2) is 28.1. The van der Waals surface area contributed by atoms with Gasteiger partial charge >= 0.3 is 24.3 Å². The minimum absolute atomic E-state index is 0.0231. The number of para-hydroxylation sites is 1. The molecule has 11 heterocycles. The number of benzene rings is 3. The van der Waals surface area contributed by atoms with Gasteiger partial charge in [-0.3, -0.25) is 14.5 Å². The highest BCUT2D eigenvalue weighted by atomic mass is 19.1. The van der Waals surface area contributed by atoms with Crippen molar-refractivity contribution in [2.24, 2.45) is 5.92 Å². The van der Waals surface area contributed by atoms with Gasteiger partial charge in [-0.2, -0.15) is 0 Å². The third-order valence-corrected chi connectivity index (χ3v) is 23.3. The molecule has 510 valence electrons. The first-order chi connectivity index (χ1) is 45.2. The number of hydrogen-bond donors (Lipinski definition) is 1. The predicted molar refractivity (Wildman–Crippen MR) is 357 cm³/mol. The Bertz CT molecular complexity index is 3270. The van der Waals surface area contributed by atoms with Gasteiger partial charge in [0.05, 0.1) is 18.1 Å². The summed E-state index contributed by atoms with van der Waals surface area (Å²) in [5.41, 5.74) is 5.19. The number of carbonyl (C=O) groups is 6. The summed E-state index contributed by atoms with van der Waals surface area (Å²) < 4.78 is 44.3. The van der Waals surface area contributed by atoms with Gasteiger partial charge in [-0.05, 0) is 235 Å². The SMILES string of the molecule is CC(=O)N1CC2(CCN(CC3CCN(C(=O)OC(C)C)CC3)CC2)c2cc(F)ccc21.CC=CCOC(=O)N1C2CCC1CC(N1CCC3(CC1)CN(C(=O)N(C)C)c1ccc(F)cc13)C2.CCOC(=O)N1C2CCC1CC(N1CCC3(CC1)C(=O)Nc1ccccc13)C2. The van der Waals surface area contributed by atoms with Crippen LogP contribution in [-0.4, -0.2) is 212 Å². The van der Waals surface area contributed by atoms with Gasteiger partial charge in [-0.25, -0.2) is 28.0 Å². The smallest absolute Gasteiger partial charge is 0.410 e. The molecule has 8 saturated heterocycles. The normalized spacial score (nSPS) is 26.6. The van der Waals surface area contributed by atoms with Crippen LogP contribution >= 0.6 is 0 Å². The molecule has 0 radical (unpaired) electrons. The van der Waals surface area contributed by atoms with Gasteiger partial charge in [0.15, 0.2) is 0 Å². The van der Waals surface area contributed by atoms with Crippen LogP contribution in [0.2, 0.25) is 0 Å². The first-order valence-electron chi connectivity index (χ1n) is 35.2. The van der Waals surface area contributed by atoms with Crippen molar-refractivity contribution in [2.45, 2.75) is 196 Å². The molecule has 8 fully saturated rings. The van der Waals surface area contributed by atoms with Crippen molar-refractivity contribution in [1.29, 1.82) is 0 Å². The molecule has 21 heteroatoms. The maximum atomic E-state index is 14.3. The number of fused-ring (bicyclic) bond motifs is 10. The number of carbonyl (C=O) groups excluding carboxylic acids is 6. The molecule has 11 aliphatic heterocycles. The summed E-state index contributed by atoms with van der Waals surface area (Å²) in [5, 5.41) is 3.09. The van der Waals surface area contributed by atoms with E-state index in [0.717, 1.165) is 190 Å². The molecule has 3 aromatic rings. The van der Waals surface area contributed by atoms with E-state index in [-0.39, 0.29) is 82.2 Å². The molecule has 0 aliphatic carbocycles. The number of halogens is 2. The maximum Gasteiger partial charge on any atom is 0.410 e. The molecule has 0 aromatic heterocycles. The Morgan fingerprint density at radius 3 is 1.64 bits per heavy atom. The fraction of sp³-hybridized carbons (Fsp3) is 0.644. The molecule has 4 unspecified atom stereocenters. The highest BCUT2D eigenvalue weighted by Gasteiger charge is 2.54. The van der Waals surface area contributed by atoms with Crippen LogP contribution in [0.4, 0.5) is 45.0 Å². The number of allylic oxidation sites excluding steroid dienone is 1. The zero-order valence-electron chi connectivity index (χ0n) is 56.5. The molecule has 3 aromatic carbocycles. The number of nitrogens with zero attached hydrogens (tertiary/aromatic N) is 9. The van der Waals surface area contributed by atoms with Gasteiger partial charge in [0, 0.05) is 118 Å². The molecular weight excluding hydrogens is 1200 g/mol. The van der Waals surface area contributed by atoms with Crippen LogP contribution in [0.25, 0.3) is 0 Å². The highest BCUT2D eigenvalue weighted by molar-refractivity contribution is 6.06. The Balaban J connectivity index is 0.000000136. The van der Waals surface area contributed by atoms with Crippen molar-refractivity contribution >= 4 is 53.2 Å². The predicted octanol–water partition coefficient (Wildman–Crippen LogP) is 11.3. The number of rotatable bonds is 8. The van der Waals surface area contributed by atoms with Crippen molar-refractivity contribution in [1.82, 2.24) is 34.3 Å². The maximum absolute atomic E-state index is 14.3. The number of ether oxygens (including phenoxy) is 3. The Labute approximate surface area is 554 Å².